The van der Waals surface area contributed by atoms with E-state index in [2.05, 4.69) is 29.6 Å². The van der Waals surface area contributed by atoms with Crippen LogP contribution in [0.4, 0.5) is 5.82 Å². The van der Waals surface area contributed by atoms with Gasteiger partial charge in [-0.2, -0.15) is 0 Å². The lowest BCUT2D eigenvalue weighted by molar-refractivity contribution is 0.0366. The standard InChI is InChI=1S/C14H21ClN4O/c1-9-5-4-6-10(2)19(9)18-14(20)13-11(15)7-8-12(16-3)17-13/h7-10H,4-6H2,1-3H3,(H,16,17)(H,18,20). The molecule has 0 aromatic carbocycles. The second-order valence-corrected chi connectivity index (χ2v) is 5.66. The van der Waals surface area contributed by atoms with E-state index in [0.717, 1.165) is 12.8 Å². The van der Waals surface area contributed by atoms with Gasteiger partial charge in [-0.25, -0.2) is 9.99 Å². The van der Waals surface area contributed by atoms with Crippen molar-refractivity contribution in [2.45, 2.75) is 45.2 Å². The molecule has 110 valence electrons. The molecule has 1 fully saturated rings. The fraction of sp³-hybridized carbons (Fsp3) is 0.571. The third kappa shape index (κ3) is 3.22. The van der Waals surface area contributed by atoms with Crippen LogP contribution in [0.5, 0.6) is 0 Å². The number of piperidine rings is 1. The molecule has 2 atom stereocenters. The van der Waals surface area contributed by atoms with Crippen molar-refractivity contribution in [2.24, 2.45) is 0 Å². The molecule has 6 heteroatoms. The first kappa shape index (κ1) is 15.1. The zero-order chi connectivity index (χ0) is 14.7. The Kier molecular flexibility index (Phi) is 4.83. The molecule has 1 amide bonds. The number of amides is 1. The summed E-state index contributed by atoms with van der Waals surface area (Å²) >= 11 is 6.07. The number of nitrogens with one attached hydrogen (secondary N) is 2. The van der Waals surface area contributed by atoms with Gasteiger partial charge in [-0.05, 0) is 38.8 Å². The summed E-state index contributed by atoms with van der Waals surface area (Å²) in [5.74, 6) is 0.368. The molecule has 1 aromatic heterocycles. The van der Waals surface area contributed by atoms with Crippen LogP contribution in [0.15, 0.2) is 12.1 Å². The normalized spacial score (nSPS) is 23.4. The number of anilines is 1. The lowest BCUT2D eigenvalue weighted by atomic mass is 10.00. The lowest BCUT2D eigenvalue weighted by Crippen LogP contribution is -2.54. The van der Waals surface area contributed by atoms with Crippen molar-refractivity contribution in [2.75, 3.05) is 12.4 Å². The Bertz CT molecular complexity index is 484. The van der Waals surface area contributed by atoms with Crippen LogP contribution < -0.4 is 10.7 Å². The van der Waals surface area contributed by atoms with Crippen molar-refractivity contribution >= 4 is 23.3 Å². The Morgan fingerprint density at radius 1 is 1.35 bits per heavy atom. The molecular weight excluding hydrogens is 276 g/mol. The van der Waals surface area contributed by atoms with E-state index in [-0.39, 0.29) is 11.6 Å². The highest BCUT2D eigenvalue weighted by Crippen LogP contribution is 2.21. The summed E-state index contributed by atoms with van der Waals surface area (Å²) in [7, 11) is 1.76. The van der Waals surface area contributed by atoms with Crippen LogP contribution in [0.1, 0.15) is 43.6 Å². The van der Waals surface area contributed by atoms with Crippen molar-refractivity contribution in [3.63, 3.8) is 0 Å². The molecule has 2 N–H and O–H groups in total. The van der Waals surface area contributed by atoms with Crippen LogP contribution in [0.2, 0.25) is 5.02 Å². The Hall–Kier alpha value is -1.33. The van der Waals surface area contributed by atoms with Crippen molar-refractivity contribution in [1.82, 2.24) is 15.4 Å². The van der Waals surface area contributed by atoms with E-state index in [1.807, 2.05) is 5.01 Å². The molecule has 0 saturated carbocycles. The number of nitrogens with zero attached hydrogens (tertiary/aromatic N) is 2. The maximum atomic E-state index is 12.4. The zero-order valence-electron chi connectivity index (χ0n) is 12.1. The van der Waals surface area contributed by atoms with E-state index < -0.39 is 0 Å². The van der Waals surface area contributed by atoms with E-state index in [4.69, 9.17) is 11.6 Å². The number of hydrogen-bond donors (Lipinski definition) is 2. The van der Waals surface area contributed by atoms with Gasteiger partial charge in [0.2, 0.25) is 0 Å². The molecule has 0 bridgehead atoms. The van der Waals surface area contributed by atoms with E-state index in [1.165, 1.54) is 6.42 Å². The van der Waals surface area contributed by atoms with Gasteiger partial charge >= 0.3 is 0 Å². The molecule has 1 aliphatic rings. The van der Waals surface area contributed by atoms with Gasteiger partial charge in [-0.1, -0.05) is 18.0 Å². The summed E-state index contributed by atoms with van der Waals surface area (Å²) in [5, 5.41) is 5.28. The van der Waals surface area contributed by atoms with Crippen molar-refractivity contribution < 1.29 is 4.79 Å². The minimum absolute atomic E-state index is 0.253. The molecule has 2 unspecified atom stereocenters. The minimum atomic E-state index is -0.257. The summed E-state index contributed by atoms with van der Waals surface area (Å²) in [4.78, 5) is 16.6. The highest BCUT2D eigenvalue weighted by atomic mass is 35.5. The topological polar surface area (TPSA) is 57.3 Å². The first-order valence-corrected chi connectivity index (χ1v) is 7.34. The molecule has 0 radical (unpaired) electrons. The second-order valence-electron chi connectivity index (χ2n) is 5.25. The smallest absolute Gasteiger partial charge is 0.285 e. The van der Waals surface area contributed by atoms with Gasteiger partial charge in [-0.15, -0.1) is 0 Å². The fourth-order valence-electron chi connectivity index (χ4n) is 2.55. The number of carbonyl (C=O) groups excluding carboxylic acids is 1. The van der Waals surface area contributed by atoms with E-state index in [0.29, 0.717) is 22.9 Å². The number of hydrazine groups is 1. The number of pyridine rings is 1. The van der Waals surface area contributed by atoms with E-state index in [9.17, 15) is 4.79 Å². The highest BCUT2D eigenvalue weighted by molar-refractivity contribution is 6.33. The molecular formula is C14H21ClN4O. The summed E-state index contributed by atoms with van der Waals surface area (Å²) in [6.07, 6.45) is 3.37. The minimum Gasteiger partial charge on any atom is -0.373 e. The Morgan fingerprint density at radius 2 is 2.00 bits per heavy atom. The van der Waals surface area contributed by atoms with Crippen LogP contribution in [-0.2, 0) is 0 Å². The molecule has 1 saturated heterocycles. The summed E-state index contributed by atoms with van der Waals surface area (Å²) in [6.45, 7) is 4.24. The highest BCUT2D eigenvalue weighted by Gasteiger charge is 2.27. The van der Waals surface area contributed by atoms with Crippen LogP contribution in [0.3, 0.4) is 0 Å². The van der Waals surface area contributed by atoms with Gasteiger partial charge in [0.15, 0.2) is 5.69 Å². The number of carbonyl (C=O) groups is 1. The maximum absolute atomic E-state index is 12.4. The van der Waals surface area contributed by atoms with Crippen molar-refractivity contribution in [3.05, 3.63) is 22.8 Å². The Balaban J connectivity index is 2.15. The fourth-order valence-corrected chi connectivity index (χ4v) is 2.74. The summed E-state index contributed by atoms with van der Waals surface area (Å²) in [6, 6.07) is 4.08. The molecule has 0 spiro atoms. The number of hydrogen-bond acceptors (Lipinski definition) is 4. The average Bonchev–Trinajstić information content (AvgIpc) is 2.43. The predicted molar refractivity (Wildman–Crippen MR) is 80.9 cm³/mol. The number of rotatable bonds is 3. The molecule has 5 nitrogen and oxygen atoms in total. The molecule has 0 aliphatic carbocycles. The van der Waals surface area contributed by atoms with Crippen LogP contribution >= 0.6 is 11.6 Å². The van der Waals surface area contributed by atoms with Gasteiger partial charge in [0.1, 0.15) is 5.82 Å². The van der Waals surface area contributed by atoms with Gasteiger partial charge in [-0.3, -0.25) is 10.2 Å². The quantitative estimate of drug-likeness (QED) is 0.900. The zero-order valence-corrected chi connectivity index (χ0v) is 12.9. The van der Waals surface area contributed by atoms with Gasteiger partial charge < -0.3 is 5.32 Å². The van der Waals surface area contributed by atoms with E-state index >= 15 is 0 Å². The molecule has 2 rings (SSSR count). The number of aromatic nitrogens is 1. The molecule has 20 heavy (non-hydrogen) atoms. The van der Waals surface area contributed by atoms with Gasteiger partial charge in [0.25, 0.3) is 5.91 Å². The van der Waals surface area contributed by atoms with Crippen LogP contribution in [0, 0.1) is 0 Å². The SMILES string of the molecule is CNc1ccc(Cl)c(C(=O)NN2C(C)CCCC2C)n1. The monoisotopic (exact) mass is 296 g/mol. The predicted octanol–water partition coefficient (Wildman–Crippen LogP) is 2.68. The first-order valence-electron chi connectivity index (χ1n) is 6.96. The number of halogens is 1. The van der Waals surface area contributed by atoms with Gasteiger partial charge in [0, 0.05) is 19.1 Å². The van der Waals surface area contributed by atoms with Gasteiger partial charge in [0.05, 0.1) is 5.02 Å². The summed E-state index contributed by atoms with van der Waals surface area (Å²) < 4.78 is 0. The van der Waals surface area contributed by atoms with Crippen molar-refractivity contribution in [1.29, 1.82) is 0 Å². The maximum Gasteiger partial charge on any atom is 0.285 e. The molecule has 1 aromatic rings. The lowest BCUT2D eigenvalue weighted by Gasteiger charge is -2.38. The third-order valence-electron chi connectivity index (χ3n) is 3.74. The Morgan fingerprint density at radius 3 is 2.60 bits per heavy atom. The Labute approximate surface area is 124 Å². The summed E-state index contributed by atoms with van der Waals surface area (Å²) in [5.41, 5.74) is 3.20. The molecule has 2 heterocycles. The first-order chi connectivity index (χ1) is 9.52. The average molecular weight is 297 g/mol. The second kappa shape index (κ2) is 6.41. The third-order valence-corrected chi connectivity index (χ3v) is 4.05. The van der Waals surface area contributed by atoms with Crippen LogP contribution in [0.25, 0.3) is 0 Å². The van der Waals surface area contributed by atoms with E-state index in [1.54, 1.807) is 19.2 Å². The van der Waals surface area contributed by atoms with Crippen LogP contribution in [-0.4, -0.2) is 35.0 Å². The largest absolute Gasteiger partial charge is 0.373 e. The molecule has 1 aliphatic heterocycles. The van der Waals surface area contributed by atoms with Crippen molar-refractivity contribution in [3.8, 4) is 0 Å².